The first-order valence-corrected chi connectivity index (χ1v) is 10.0. The van der Waals surface area contributed by atoms with Gasteiger partial charge in [0.05, 0.1) is 24.3 Å². The molecule has 2 aliphatic rings. The molecule has 2 aromatic rings. The summed E-state index contributed by atoms with van der Waals surface area (Å²) in [6.45, 7) is 3.20. The topological polar surface area (TPSA) is 63.5 Å². The molecule has 2 aromatic heterocycles. The molecule has 162 valence electrons. The normalized spacial score (nSPS) is 22.2. The zero-order chi connectivity index (χ0) is 21.5. The summed E-state index contributed by atoms with van der Waals surface area (Å²) < 4.78 is 48.3. The van der Waals surface area contributed by atoms with E-state index in [4.69, 9.17) is 16.3 Å². The zero-order valence-corrected chi connectivity index (χ0v) is 17.0. The number of aromatic nitrogens is 3. The quantitative estimate of drug-likeness (QED) is 0.727. The van der Waals surface area contributed by atoms with E-state index in [-0.39, 0.29) is 37.1 Å². The molecule has 0 amide bonds. The number of rotatable bonds is 3. The predicted octanol–water partition coefficient (Wildman–Crippen LogP) is 2.86. The highest BCUT2D eigenvalue weighted by atomic mass is 35.5. The molecule has 0 N–H and O–H groups in total. The lowest BCUT2D eigenvalue weighted by Gasteiger charge is -2.40. The second-order valence-electron chi connectivity index (χ2n) is 7.51. The molecule has 11 heteroatoms. The lowest BCUT2D eigenvalue weighted by atomic mass is 10.1. The van der Waals surface area contributed by atoms with Crippen LogP contribution < -0.4 is 15.4 Å². The Kier molecular flexibility index (Phi) is 5.63. The highest BCUT2D eigenvalue weighted by Gasteiger charge is 2.47. The van der Waals surface area contributed by atoms with Crippen molar-refractivity contribution < 1.29 is 17.9 Å². The molecule has 4 heterocycles. The Labute approximate surface area is 176 Å². The fourth-order valence-electron chi connectivity index (χ4n) is 3.93. The maximum atomic E-state index is 13.9. The monoisotopic (exact) mass is 443 g/mol. The van der Waals surface area contributed by atoms with Crippen molar-refractivity contribution in [3.05, 3.63) is 45.5 Å². The summed E-state index contributed by atoms with van der Waals surface area (Å²) in [6.07, 6.45) is -1.84. The van der Waals surface area contributed by atoms with Gasteiger partial charge in [0, 0.05) is 38.1 Å². The zero-order valence-electron chi connectivity index (χ0n) is 16.3. The minimum Gasteiger partial charge on any atom is -0.377 e. The van der Waals surface area contributed by atoms with Gasteiger partial charge in [-0.1, -0.05) is 11.6 Å². The van der Waals surface area contributed by atoms with Crippen molar-refractivity contribution in [1.29, 1.82) is 0 Å². The number of halogens is 4. The van der Waals surface area contributed by atoms with Gasteiger partial charge in [-0.2, -0.15) is 18.2 Å². The Bertz CT molecular complexity index is 983. The van der Waals surface area contributed by atoms with Crippen molar-refractivity contribution in [3.8, 4) is 0 Å². The van der Waals surface area contributed by atoms with E-state index in [1.165, 1.54) is 23.0 Å². The Hall–Kier alpha value is -2.33. The van der Waals surface area contributed by atoms with E-state index >= 15 is 0 Å². The van der Waals surface area contributed by atoms with Crippen LogP contribution >= 0.6 is 11.6 Å². The summed E-state index contributed by atoms with van der Waals surface area (Å²) in [5.74, 6) is 0.365. The van der Waals surface area contributed by atoms with Crippen LogP contribution in [0.4, 0.5) is 24.9 Å². The third-order valence-electron chi connectivity index (χ3n) is 5.39. The van der Waals surface area contributed by atoms with Crippen LogP contribution in [0.15, 0.2) is 29.3 Å². The molecular weight excluding hydrogens is 423 g/mol. The largest absolute Gasteiger partial charge is 0.408 e. The maximum absolute atomic E-state index is 13.9. The molecule has 7 nitrogen and oxygen atoms in total. The summed E-state index contributed by atoms with van der Waals surface area (Å²) in [5, 5.41) is 0.328. The molecule has 2 aliphatic heterocycles. The van der Waals surface area contributed by atoms with Crippen LogP contribution in [-0.2, 0) is 17.8 Å². The van der Waals surface area contributed by atoms with E-state index in [2.05, 4.69) is 9.97 Å². The van der Waals surface area contributed by atoms with Gasteiger partial charge in [0.1, 0.15) is 11.9 Å². The van der Waals surface area contributed by atoms with E-state index in [1.54, 1.807) is 6.07 Å². The van der Waals surface area contributed by atoms with E-state index in [9.17, 15) is 18.0 Å². The molecule has 0 radical (unpaired) electrons. The molecule has 2 atom stereocenters. The lowest BCUT2D eigenvalue weighted by Crippen LogP contribution is -2.52. The number of morpholine rings is 1. The summed E-state index contributed by atoms with van der Waals surface area (Å²) in [5.41, 5.74) is 0.133. The van der Waals surface area contributed by atoms with Crippen molar-refractivity contribution in [2.24, 2.45) is 0 Å². The number of fused-ring (bicyclic) bond motifs is 1. The molecule has 4 rings (SSSR count). The number of hydrogen-bond acceptors (Lipinski definition) is 6. The van der Waals surface area contributed by atoms with Crippen molar-refractivity contribution >= 4 is 23.4 Å². The van der Waals surface area contributed by atoms with Crippen LogP contribution in [0.1, 0.15) is 18.9 Å². The van der Waals surface area contributed by atoms with E-state index < -0.39 is 12.2 Å². The number of anilines is 2. The van der Waals surface area contributed by atoms with Gasteiger partial charge in [-0.3, -0.25) is 14.3 Å². The van der Waals surface area contributed by atoms with Gasteiger partial charge in [0.15, 0.2) is 0 Å². The van der Waals surface area contributed by atoms with E-state index in [1.807, 2.05) is 11.8 Å². The van der Waals surface area contributed by atoms with Crippen LogP contribution in [0.5, 0.6) is 0 Å². The van der Waals surface area contributed by atoms with Crippen molar-refractivity contribution in [2.75, 3.05) is 29.6 Å². The molecule has 1 unspecified atom stereocenters. The highest BCUT2D eigenvalue weighted by Crippen LogP contribution is 2.35. The standard InChI is InChI=1S/C19H21ClF3N5O2/c1-12-11-30-5-4-26(12)16-7-17(29)27-3-2-15(19(21,22)23)28(18(27)25-16)10-13-6-14(20)9-24-8-13/h6-9,12,15H,2-5,10-11H2,1H3/t12-,15?/m1/s1. The average Bonchev–Trinajstić information content (AvgIpc) is 2.68. The van der Waals surface area contributed by atoms with Gasteiger partial charge in [0.2, 0.25) is 5.95 Å². The number of nitrogens with zero attached hydrogens (tertiary/aromatic N) is 5. The van der Waals surface area contributed by atoms with Crippen LogP contribution in [0.2, 0.25) is 5.02 Å². The molecule has 0 aliphatic carbocycles. The minimum absolute atomic E-state index is 0.00439. The molecule has 1 saturated heterocycles. The summed E-state index contributed by atoms with van der Waals surface area (Å²) in [4.78, 5) is 24.3. The first-order valence-electron chi connectivity index (χ1n) is 9.63. The molecular formula is C19H21ClF3N5O2. The van der Waals surface area contributed by atoms with Gasteiger partial charge in [-0.15, -0.1) is 0 Å². The Morgan fingerprint density at radius 1 is 1.27 bits per heavy atom. The minimum atomic E-state index is -4.47. The Morgan fingerprint density at radius 3 is 2.77 bits per heavy atom. The second kappa shape index (κ2) is 8.07. The third-order valence-corrected chi connectivity index (χ3v) is 5.59. The van der Waals surface area contributed by atoms with Crippen molar-refractivity contribution in [3.63, 3.8) is 0 Å². The first-order chi connectivity index (χ1) is 14.2. The Morgan fingerprint density at radius 2 is 2.07 bits per heavy atom. The molecule has 1 fully saturated rings. The van der Waals surface area contributed by atoms with Gasteiger partial charge in [0.25, 0.3) is 5.56 Å². The van der Waals surface area contributed by atoms with Gasteiger partial charge < -0.3 is 14.5 Å². The van der Waals surface area contributed by atoms with E-state index in [0.29, 0.717) is 36.2 Å². The highest BCUT2D eigenvalue weighted by molar-refractivity contribution is 6.30. The van der Waals surface area contributed by atoms with Crippen LogP contribution in [-0.4, -0.2) is 52.6 Å². The average molecular weight is 444 g/mol. The van der Waals surface area contributed by atoms with Gasteiger partial charge in [-0.05, 0) is 25.0 Å². The smallest absolute Gasteiger partial charge is 0.377 e. The fourth-order valence-corrected chi connectivity index (χ4v) is 4.13. The fraction of sp³-hybridized carbons (Fsp3) is 0.526. The molecule has 30 heavy (non-hydrogen) atoms. The van der Waals surface area contributed by atoms with Crippen molar-refractivity contribution in [1.82, 2.24) is 14.5 Å². The van der Waals surface area contributed by atoms with Crippen LogP contribution in [0, 0.1) is 0 Å². The van der Waals surface area contributed by atoms with Gasteiger partial charge in [-0.25, -0.2) is 0 Å². The maximum Gasteiger partial charge on any atom is 0.408 e. The summed E-state index contributed by atoms with van der Waals surface area (Å²) in [7, 11) is 0. The molecule has 0 aromatic carbocycles. The van der Waals surface area contributed by atoms with Crippen LogP contribution in [0.25, 0.3) is 0 Å². The summed E-state index contributed by atoms with van der Waals surface area (Å²) in [6, 6.07) is 1.15. The number of alkyl halides is 3. The molecule has 0 saturated carbocycles. The SMILES string of the molecule is C[C@@H]1COCCN1c1cc(=O)n2c(n1)N(Cc1cncc(Cl)c1)C(C(F)(F)F)CC2. The number of pyridine rings is 1. The molecule has 0 bridgehead atoms. The van der Waals surface area contributed by atoms with Crippen molar-refractivity contribution in [2.45, 2.75) is 44.7 Å². The number of ether oxygens (including phenoxy) is 1. The predicted molar refractivity (Wildman–Crippen MR) is 106 cm³/mol. The first kappa shape index (κ1) is 20.9. The lowest BCUT2D eigenvalue weighted by molar-refractivity contribution is -0.153. The second-order valence-corrected chi connectivity index (χ2v) is 7.94. The summed E-state index contributed by atoms with van der Waals surface area (Å²) >= 11 is 5.96. The third kappa shape index (κ3) is 4.11. The van der Waals surface area contributed by atoms with Crippen LogP contribution in [0.3, 0.4) is 0 Å². The molecule has 0 spiro atoms. The number of hydrogen-bond donors (Lipinski definition) is 0. The Balaban J connectivity index is 1.79. The van der Waals surface area contributed by atoms with Gasteiger partial charge >= 0.3 is 6.18 Å². The van der Waals surface area contributed by atoms with E-state index in [0.717, 1.165) is 4.90 Å².